The van der Waals surface area contributed by atoms with E-state index in [-0.39, 0.29) is 12.3 Å². The fourth-order valence-corrected chi connectivity index (χ4v) is 3.56. The first-order chi connectivity index (χ1) is 13.9. The Morgan fingerprint density at radius 3 is 2.62 bits per heavy atom. The lowest BCUT2D eigenvalue weighted by Gasteiger charge is -2.12. The van der Waals surface area contributed by atoms with E-state index in [1.54, 1.807) is 53.3 Å². The highest BCUT2D eigenvalue weighted by Gasteiger charge is 2.12. The van der Waals surface area contributed by atoms with Crippen LogP contribution in [0.1, 0.15) is 0 Å². The third-order valence-corrected chi connectivity index (χ3v) is 5.26. The Morgan fingerprint density at radius 2 is 1.86 bits per heavy atom. The second-order valence-electron chi connectivity index (χ2n) is 5.99. The number of nitrogens with one attached hydrogen (secondary N) is 3. The molecule has 0 unspecified atom stereocenters. The van der Waals surface area contributed by atoms with E-state index in [2.05, 4.69) is 20.5 Å². The fraction of sp³-hybridized carbons (Fsp3) is 0.222. The summed E-state index contributed by atoms with van der Waals surface area (Å²) < 4.78 is 38.9. The first-order valence-corrected chi connectivity index (χ1v) is 10.3. The van der Waals surface area contributed by atoms with Gasteiger partial charge in [-0.1, -0.05) is 0 Å². The van der Waals surface area contributed by atoms with E-state index < -0.39 is 16.1 Å². The van der Waals surface area contributed by atoms with Crippen LogP contribution in [0.25, 0.3) is 5.52 Å². The molecule has 29 heavy (non-hydrogen) atoms. The van der Waals surface area contributed by atoms with Gasteiger partial charge >= 0.3 is 6.03 Å². The topological polar surface area (TPSA) is 123 Å². The van der Waals surface area contributed by atoms with E-state index in [0.717, 1.165) is 5.52 Å². The summed E-state index contributed by atoms with van der Waals surface area (Å²) in [6, 6.07) is 9.40. The van der Waals surface area contributed by atoms with Crippen LogP contribution in [0.15, 0.2) is 48.8 Å². The second-order valence-corrected chi connectivity index (χ2v) is 7.83. The Kier molecular flexibility index (Phi) is 6.07. The Bertz CT molecular complexity index is 1110. The van der Waals surface area contributed by atoms with Gasteiger partial charge in [-0.3, -0.25) is 4.72 Å². The molecule has 0 saturated carbocycles. The molecule has 2 amide bonds. The molecule has 0 aliphatic heterocycles. The van der Waals surface area contributed by atoms with Gasteiger partial charge in [0, 0.05) is 30.7 Å². The number of amides is 2. The predicted molar refractivity (Wildman–Crippen MR) is 109 cm³/mol. The molecule has 2 aromatic heterocycles. The number of rotatable bonds is 8. The molecule has 0 aliphatic rings. The summed E-state index contributed by atoms with van der Waals surface area (Å²) in [6.07, 6.45) is 3.27. The maximum absolute atomic E-state index is 12.2. The summed E-state index contributed by atoms with van der Waals surface area (Å²) in [6.45, 7) is -0.0661. The van der Waals surface area contributed by atoms with Crippen molar-refractivity contribution >= 4 is 32.9 Å². The summed E-state index contributed by atoms with van der Waals surface area (Å²) >= 11 is 0. The molecular formula is C18H21N5O5S. The standard InChI is InChI=1S/C18H21N5O5S/c1-27-16-4-3-13(12-17(16)28-2)21-18(24)19-8-10-29(25,26)22-14-6-9-23-15(11-14)5-7-20-23/h3-7,9,11-12,22H,8,10H2,1-2H3,(H2,19,21,24). The van der Waals surface area contributed by atoms with Crippen LogP contribution in [0.5, 0.6) is 11.5 Å². The summed E-state index contributed by atoms with van der Waals surface area (Å²) in [7, 11) is -0.629. The van der Waals surface area contributed by atoms with Crippen molar-refractivity contribution in [3.63, 3.8) is 0 Å². The van der Waals surface area contributed by atoms with Gasteiger partial charge in [-0.15, -0.1) is 0 Å². The molecule has 0 aliphatic carbocycles. The number of urea groups is 1. The SMILES string of the molecule is COc1ccc(NC(=O)NCCS(=O)(=O)Nc2ccn3nccc3c2)cc1OC. The van der Waals surface area contributed by atoms with Crippen LogP contribution in [0.3, 0.4) is 0 Å². The monoisotopic (exact) mass is 419 g/mol. The average Bonchev–Trinajstić information content (AvgIpc) is 3.15. The van der Waals surface area contributed by atoms with Crippen LogP contribution < -0.4 is 24.8 Å². The van der Waals surface area contributed by atoms with E-state index in [1.807, 2.05) is 0 Å². The molecule has 3 aromatic rings. The maximum Gasteiger partial charge on any atom is 0.319 e. The smallest absolute Gasteiger partial charge is 0.319 e. The summed E-state index contributed by atoms with van der Waals surface area (Å²) in [4.78, 5) is 12.0. The molecule has 1 aromatic carbocycles. The number of aromatic nitrogens is 2. The largest absolute Gasteiger partial charge is 0.493 e. The van der Waals surface area contributed by atoms with Gasteiger partial charge < -0.3 is 20.1 Å². The van der Waals surface area contributed by atoms with Crippen molar-refractivity contribution in [2.24, 2.45) is 0 Å². The van der Waals surface area contributed by atoms with Gasteiger partial charge in [0.05, 0.1) is 31.2 Å². The number of benzene rings is 1. The number of sulfonamides is 1. The van der Waals surface area contributed by atoms with Crippen molar-refractivity contribution in [1.29, 1.82) is 0 Å². The minimum absolute atomic E-state index is 0.0661. The molecule has 3 N–H and O–H groups in total. The molecule has 0 atom stereocenters. The van der Waals surface area contributed by atoms with Gasteiger partial charge in [-0.2, -0.15) is 5.10 Å². The number of hydrogen-bond donors (Lipinski definition) is 3. The van der Waals surface area contributed by atoms with Gasteiger partial charge in [-0.05, 0) is 30.3 Å². The highest BCUT2D eigenvalue weighted by atomic mass is 32.2. The molecule has 0 radical (unpaired) electrons. The Labute approximate surface area is 167 Å². The molecule has 2 heterocycles. The number of ether oxygens (including phenoxy) is 2. The van der Waals surface area contributed by atoms with E-state index in [0.29, 0.717) is 22.9 Å². The highest BCUT2D eigenvalue weighted by Crippen LogP contribution is 2.29. The maximum atomic E-state index is 12.2. The summed E-state index contributed by atoms with van der Waals surface area (Å²) in [5.74, 6) is 0.716. The third kappa shape index (κ3) is 5.29. The third-order valence-electron chi connectivity index (χ3n) is 3.97. The molecule has 0 saturated heterocycles. The first-order valence-electron chi connectivity index (χ1n) is 8.61. The number of carbonyl (C=O) groups is 1. The lowest BCUT2D eigenvalue weighted by Crippen LogP contribution is -2.34. The number of nitrogens with zero attached hydrogens (tertiary/aromatic N) is 2. The van der Waals surface area contributed by atoms with Crippen LogP contribution in [0, 0.1) is 0 Å². The van der Waals surface area contributed by atoms with E-state index >= 15 is 0 Å². The van der Waals surface area contributed by atoms with Crippen LogP contribution >= 0.6 is 0 Å². The highest BCUT2D eigenvalue weighted by molar-refractivity contribution is 7.92. The second kappa shape index (κ2) is 8.69. The minimum Gasteiger partial charge on any atom is -0.493 e. The van der Waals surface area contributed by atoms with Crippen molar-refractivity contribution < 1.29 is 22.7 Å². The zero-order chi connectivity index (χ0) is 20.9. The van der Waals surface area contributed by atoms with Crippen molar-refractivity contribution in [2.45, 2.75) is 0 Å². The average molecular weight is 419 g/mol. The zero-order valence-electron chi connectivity index (χ0n) is 15.9. The molecule has 10 nitrogen and oxygen atoms in total. The molecular weight excluding hydrogens is 398 g/mol. The van der Waals surface area contributed by atoms with Crippen molar-refractivity contribution in [2.75, 3.05) is 36.6 Å². The molecule has 0 bridgehead atoms. The fourth-order valence-electron chi connectivity index (χ4n) is 2.60. The lowest BCUT2D eigenvalue weighted by molar-refractivity contribution is 0.252. The minimum atomic E-state index is -3.63. The van der Waals surface area contributed by atoms with Gasteiger partial charge in [0.15, 0.2) is 11.5 Å². The van der Waals surface area contributed by atoms with Gasteiger partial charge in [0.1, 0.15) is 0 Å². The number of fused-ring (bicyclic) bond motifs is 1. The first kappa shape index (κ1) is 20.3. The Morgan fingerprint density at radius 1 is 1.07 bits per heavy atom. The van der Waals surface area contributed by atoms with Crippen LogP contribution in [-0.2, 0) is 10.0 Å². The lowest BCUT2D eigenvalue weighted by atomic mass is 10.3. The quantitative estimate of drug-likeness (QED) is 0.513. The Balaban J connectivity index is 1.51. The number of hydrogen-bond acceptors (Lipinski definition) is 6. The van der Waals surface area contributed by atoms with Crippen molar-refractivity contribution in [1.82, 2.24) is 14.9 Å². The summed E-state index contributed by atoms with van der Waals surface area (Å²) in [5, 5.41) is 9.17. The molecule has 0 spiro atoms. The van der Waals surface area contributed by atoms with Crippen molar-refractivity contribution in [3.05, 3.63) is 48.8 Å². The number of carbonyl (C=O) groups excluding carboxylic acids is 1. The van der Waals surface area contributed by atoms with Crippen LogP contribution in [0.2, 0.25) is 0 Å². The molecule has 154 valence electrons. The van der Waals surface area contributed by atoms with Gasteiger partial charge in [0.2, 0.25) is 10.0 Å². The molecule has 3 rings (SSSR count). The van der Waals surface area contributed by atoms with Gasteiger partial charge in [-0.25, -0.2) is 17.7 Å². The molecule has 0 fully saturated rings. The van der Waals surface area contributed by atoms with E-state index in [1.165, 1.54) is 14.2 Å². The van der Waals surface area contributed by atoms with E-state index in [4.69, 9.17) is 9.47 Å². The number of anilines is 2. The van der Waals surface area contributed by atoms with Crippen LogP contribution in [-0.4, -0.2) is 50.6 Å². The van der Waals surface area contributed by atoms with Crippen LogP contribution in [0.4, 0.5) is 16.2 Å². The number of methoxy groups -OCH3 is 2. The summed E-state index contributed by atoms with van der Waals surface area (Å²) in [5.41, 5.74) is 1.67. The zero-order valence-corrected chi connectivity index (χ0v) is 16.7. The van der Waals surface area contributed by atoms with Gasteiger partial charge in [0.25, 0.3) is 0 Å². The van der Waals surface area contributed by atoms with Crippen molar-refractivity contribution in [3.8, 4) is 11.5 Å². The van der Waals surface area contributed by atoms with E-state index in [9.17, 15) is 13.2 Å². The Hall–Kier alpha value is -3.47. The number of pyridine rings is 1. The molecule has 11 heteroatoms. The normalized spacial score (nSPS) is 11.1. The predicted octanol–water partition coefficient (Wildman–Crippen LogP) is 1.91.